The van der Waals surface area contributed by atoms with Gasteiger partial charge in [0.1, 0.15) is 12.1 Å². The van der Waals surface area contributed by atoms with E-state index in [1.54, 1.807) is 0 Å². The van der Waals surface area contributed by atoms with E-state index in [9.17, 15) is 4.79 Å². The fourth-order valence-electron chi connectivity index (χ4n) is 3.89. The molecule has 0 aliphatic heterocycles. The van der Waals surface area contributed by atoms with Gasteiger partial charge in [-0.05, 0) is 37.1 Å². The molecule has 1 N–H and O–H groups in total. The van der Waals surface area contributed by atoms with Gasteiger partial charge in [-0.2, -0.15) is 0 Å². The topological polar surface area (TPSA) is 85.8 Å². The quantitative estimate of drug-likeness (QED) is 0.279. The van der Waals surface area contributed by atoms with E-state index in [4.69, 9.17) is 4.42 Å². The smallest absolute Gasteiger partial charge is 0.273 e. The molecule has 0 saturated carbocycles. The van der Waals surface area contributed by atoms with E-state index in [2.05, 4.69) is 39.6 Å². The Labute approximate surface area is 213 Å². The number of nitrogens with zero attached hydrogens (tertiary/aromatic N) is 4. The van der Waals surface area contributed by atoms with Crippen molar-refractivity contribution in [3.63, 3.8) is 0 Å². The summed E-state index contributed by atoms with van der Waals surface area (Å²) in [6.07, 6.45) is 1.40. The molecule has 1 amide bonds. The summed E-state index contributed by atoms with van der Waals surface area (Å²) in [5.74, 6) is 1.35. The first kappa shape index (κ1) is 23.6. The Morgan fingerprint density at radius 2 is 1.56 bits per heavy atom. The number of carbonyl (C=O) groups is 1. The number of oxazole rings is 1. The van der Waals surface area contributed by atoms with Crippen LogP contribution in [0.5, 0.6) is 0 Å². The number of benzene rings is 3. The first-order valence-electron chi connectivity index (χ1n) is 11.6. The summed E-state index contributed by atoms with van der Waals surface area (Å²) < 4.78 is 7.61. The van der Waals surface area contributed by atoms with Crippen LogP contribution in [0.2, 0.25) is 0 Å². The van der Waals surface area contributed by atoms with Gasteiger partial charge in [0.2, 0.25) is 5.89 Å². The van der Waals surface area contributed by atoms with Crippen molar-refractivity contribution >= 4 is 17.7 Å². The zero-order valence-corrected chi connectivity index (χ0v) is 20.8. The predicted molar refractivity (Wildman–Crippen MR) is 139 cm³/mol. The van der Waals surface area contributed by atoms with Gasteiger partial charge in [0.25, 0.3) is 5.91 Å². The van der Waals surface area contributed by atoms with Crippen LogP contribution >= 0.6 is 11.8 Å². The number of rotatable bonds is 8. The molecule has 8 heteroatoms. The molecule has 0 unspecified atom stereocenters. The average Bonchev–Trinajstić information content (AvgIpc) is 3.54. The highest BCUT2D eigenvalue weighted by Crippen LogP contribution is 2.26. The molecule has 0 radical (unpaired) electrons. The fraction of sp³-hybridized carbons (Fsp3) is 0.143. The monoisotopic (exact) mass is 495 g/mol. The summed E-state index contributed by atoms with van der Waals surface area (Å²) in [7, 11) is 0. The Balaban J connectivity index is 1.29. The molecule has 0 aliphatic rings. The molecule has 2 aromatic heterocycles. The number of thioether (sulfide) groups is 1. The van der Waals surface area contributed by atoms with Crippen LogP contribution in [0.4, 0.5) is 0 Å². The van der Waals surface area contributed by atoms with Gasteiger partial charge < -0.3 is 9.73 Å². The second kappa shape index (κ2) is 10.6. The molecule has 0 spiro atoms. The Morgan fingerprint density at radius 1 is 0.917 bits per heavy atom. The molecule has 36 heavy (non-hydrogen) atoms. The Kier molecular flexibility index (Phi) is 6.95. The van der Waals surface area contributed by atoms with Crippen LogP contribution in [0, 0.1) is 13.8 Å². The van der Waals surface area contributed by atoms with Gasteiger partial charge >= 0.3 is 0 Å². The van der Waals surface area contributed by atoms with Gasteiger partial charge in [0.15, 0.2) is 10.9 Å². The molecule has 2 heterocycles. The Hall–Kier alpha value is -4.17. The predicted octanol–water partition coefficient (Wildman–Crippen LogP) is 5.68. The molecule has 5 aromatic rings. The van der Waals surface area contributed by atoms with Crippen LogP contribution in [0.15, 0.2) is 101 Å². The van der Waals surface area contributed by atoms with E-state index < -0.39 is 0 Å². The number of aromatic nitrogens is 4. The second-order valence-corrected chi connectivity index (χ2v) is 9.29. The van der Waals surface area contributed by atoms with Crippen LogP contribution < -0.4 is 5.32 Å². The third-order valence-corrected chi connectivity index (χ3v) is 6.65. The molecule has 180 valence electrons. The first-order chi connectivity index (χ1) is 17.6. The molecule has 0 atom stereocenters. The number of nitrogens with one attached hydrogen (secondary N) is 1. The lowest BCUT2D eigenvalue weighted by atomic mass is 9.98. The van der Waals surface area contributed by atoms with E-state index in [1.165, 1.54) is 23.6 Å². The van der Waals surface area contributed by atoms with Crippen molar-refractivity contribution in [1.82, 2.24) is 25.1 Å². The minimum absolute atomic E-state index is 0.235. The molecule has 0 saturated heterocycles. The molecule has 0 aliphatic carbocycles. The van der Waals surface area contributed by atoms with Gasteiger partial charge in [-0.25, -0.2) is 4.98 Å². The number of hydrogen-bond acceptors (Lipinski definition) is 6. The van der Waals surface area contributed by atoms with E-state index in [1.807, 2.05) is 84.3 Å². The average molecular weight is 496 g/mol. The number of aryl methyl sites for hydroxylation is 2. The molecule has 7 nitrogen and oxygen atoms in total. The summed E-state index contributed by atoms with van der Waals surface area (Å²) in [6.45, 7) is 3.97. The zero-order valence-electron chi connectivity index (χ0n) is 20.0. The van der Waals surface area contributed by atoms with Crippen LogP contribution in [-0.4, -0.2) is 25.7 Å². The Morgan fingerprint density at radius 3 is 2.19 bits per heavy atom. The summed E-state index contributed by atoms with van der Waals surface area (Å²) in [6, 6.07) is 27.6. The second-order valence-electron chi connectivity index (χ2n) is 8.34. The lowest BCUT2D eigenvalue weighted by Crippen LogP contribution is -2.29. The SMILES string of the molecule is Cc1ccc(-n2c(C)nnc2SCc2nc(C(=O)NC(c3ccccc3)c3ccccc3)co2)cc1. The van der Waals surface area contributed by atoms with Crippen molar-refractivity contribution in [2.24, 2.45) is 0 Å². The van der Waals surface area contributed by atoms with Crippen molar-refractivity contribution in [2.45, 2.75) is 30.8 Å². The summed E-state index contributed by atoms with van der Waals surface area (Å²) >= 11 is 1.45. The van der Waals surface area contributed by atoms with Gasteiger partial charge in [0.05, 0.1) is 11.8 Å². The number of hydrogen-bond donors (Lipinski definition) is 1. The molecule has 5 rings (SSSR count). The van der Waals surface area contributed by atoms with Crippen molar-refractivity contribution in [3.8, 4) is 5.69 Å². The molecular weight excluding hydrogens is 470 g/mol. The first-order valence-corrected chi connectivity index (χ1v) is 12.5. The number of carbonyl (C=O) groups excluding carboxylic acids is 1. The van der Waals surface area contributed by atoms with Crippen molar-refractivity contribution in [3.05, 3.63) is 125 Å². The number of amides is 1. The zero-order chi connectivity index (χ0) is 24.9. The lowest BCUT2D eigenvalue weighted by Gasteiger charge is -2.19. The standard InChI is InChI=1S/C28H25N5O2S/c1-19-13-15-23(16-14-19)33-20(2)31-32-28(33)36-18-25-29-24(17-35-25)27(34)30-26(21-9-5-3-6-10-21)22-11-7-4-8-12-22/h3-17,26H,18H2,1-2H3,(H,30,34). The maximum Gasteiger partial charge on any atom is 0.273 e. The normalized spacial score (nSPS) is 11.1. The van der Waals surface area contributed by atoms with Crippen LogP contribution in [0.25, 0.3) is 5.69 Å². The van der Waals surface area contributed by atoms with Crippen molar-refractivity contribution in [1.29, 1.82) is 0 Å². The maximum atomic E-state index is 13.1. The van der Waals surface area contributed by atoms with Crippen LogP contribution in [0.3, 0.4) is 0 Å². The van der Waals surface area contributed by atoms with Gasteiger partial charge in [0, 0.05) is 5.69 Å². The largest absolute Gasteiger partial charge is 0.447 e. The van der Waals surface area contributed by atoms with Crippen LogP contribution in [-0.2, 0) is 5.75 Å². The third-order valence-electron chi connectivity index (χ3n) is 5.74. The molecule has 3 aromatic carbocycles. The van der Waals surface area contributed by atoms with Gasteiger partial charge in [-0.1, -0.05) is 90.1 Å². The van der Waals surface area contributed by atoms with Gasteiger partial charge in [-0.3, -0.25) is 9.36 Å². The molecular formula is C28H25N5O2S. The highest BCUT2D eigenvalue weighted by molar-refractivity contribution is 7.98. The van der Waals surface area contributed by atoms with E-state index in [-0.39, 0.29) is 17.6 Å². The van der Waals surface area contributed by atoms with E-state index in [0.29, 0.717) is 11.6 Å². The highest BCUT2D eigenvalue weighted by Gasteiger charge is 2.20. The van der Waals surface area contributed by atoms with Crippen LogP contribution in [0.1, 0.15) is 44.9 Å². The lowest BCUT2D eigenvalue weighted by molar-refractivity contribution is 0.0938. The van der Waals surface area contributed by atoms with Crippen molar-refractivity contribution < 1.29 is 9.21 Å². The maximum absolute atomic E-state index is 13.1. The minimum Gasteiger partial charge on any atom is -0.447 e. The summed E-state index contributed by atoms with van der Waals surface area (Å²) in [4.78, 5) is 17.5. The Bertz CT molecular complexity index is 1410. The van der Waals surface area contributed by atoms with E-state index in [0.717, 1.165) is 27.8 Å². The fourth-order valence-corrected chi connectivity index (χ4v) is 4.74. The molecule has 0 fully saturated rings. The third kappa shape index (κ3) is 5.23. The summed E-state index contributed by atoms with van der Waals surface area (Å²) in [5.41, 5.74) is 4.39. The van der Waals surface area contributed by atoms with Crippen molar-refractivity contribution in [2.75, 3.05) is 0 Å². The molecule has 0 bridgehead atoms. The van der Waals surface area contributed by atoms with E-state index >= 15 is 0 Å². The summed E-state index contributed by atoms with van der Waals surface area (Å²) in [5, 5.41) is 12.4. The highest BCUT2D eigenvalue weighted by atomic mass is 32.2. The minimum atomic E-state index is -0.300. The van der Waals surface area contributed by atoms with Gasteiger partial charge in [-0.15, -0.1) is 10.2 Å².